The van der Waals surface area contributed by atoms with Crippen LogP contribution in [0.3, 0.4) is 0 Å². The summed E-state index contributed by atoms with van der Waals surface area (Å²) in [5.74, 6) is -2.24. The molecule has 0 spiro atoms. The zero-order chi connectivity index (χ0) is 73.2. The Kier molecular flexibility index (Phi) is 70.8. The third-order valence-corrected chi connectivity index (χ3v) is 18.7. The number of phosphoric ester groups is 2. The Balaban J connectivity index is 5.39. The predicted molar refractivity (Wildman–Crippen MR) is 409 cm³/mol. The third-order valence-electron chi connectivity index (χ3n) is 16.8. The molecule has 5 atom stereocenters. The van der Waals surface area contributed by atoms with Crippen LogP contribution in [0.5, 0.6) is 0 Å². The van der Waals surface area contributed by atoms with Crippen LogP contribution in [0.2, 0.25) is 0 Å². The van der Waals surface area contributed by atoms with Crippen LogP contribution in [0.25, 0.3) is 0 Å². The molecule has 0 rings (SSSR count). The number of unbranched alkanes of at least 4 members (excludes halogenated alkanes) is 35. The summed E-state index contributed by atoms with van der Waals surface area (Å²) in [6.45, 7) is 4.77. The standard InChI is InChI=1S/C81H144O17P2/c1-5-9-13-17-21-25-29-33-36-37-40-43-46-50-54-58-62-66-79(84)92-72-77(98-81(86)68-64-60-56-52-48-44-39-35-31-27-23-19-15-11-7-3)74-96-100(89,90)94-70-75(82)69-93-99(87,88)95-73-76(97-80(85)67-63-59-55-51-47-41-32-28-24-20-16-12-8-4)71-91-78(83)65-61-57-53-49-45-42-38-34-30-26-22-18-14-10-6-2/h21-22,25-26,33-36,38-40,43,50,54,75-77,82H,5-20,23-24,27-32,37,41-42,44-49,51-53,55-74H2,1-4H3,(H,87,88)(H,89,90)/b25-21-,26-22-,36-33-,38-34-,39-35-,43-40-,54-50-/t75-,76-,77-/m1/s1. The lowest BCUT2D eigenvalue weighted by Crippen LogP contribution is -2.30. The minimum atomic E-state index is -4.99. The van der Waals surface area contributed by atoms with Gasteiger partial charge in [-0.3, -0.25) is 37.3 Å². The summed E-state index contributed by atoms with van der Waals surface area (Å²) < 4.78 is 68.5. The van der Waals surface area contributed by atoms with Gasteiger partial charge in [0.15, 0.2) is 12.2 Å². The van der Waals surface area contributed by atoms with Crippen LogP contribution >= 0.6 is 15.6 Å². The van der Waals surface area contributed by atoms with E-state index in [1.54, 1.807) is 0 Å². The molecule has 0 bridgehead atoms. The first-order valence-corrected chi connectivity index (χ1v) is 42.8. The number of carbonyl (C=O) groups is 4. The molecule has 19 heteroatoms. The SMILES string of the molecule is CCCCC/C=C\C/C=C\C/C=C\C/C=C\CCCC(=O)OC[C@H](COP(=O)(O)OC[C@H](O)COP(=O)(O)OC[C@@H](COC(=O)CCCCCCC/C=C\C/C=C\CCCCC)OC(=O)CCCCCCCCCCCCCCC)OC(=O)CCCCCCC/C=C\CCCCCCCC. The van der Waals surface area contributed by atoms with Crippen molar-refractivity contribution in [2.24, 2.45) is 0 Å². The molecule has 0 saturated carbocycles. The zero-order valence-electron chi connectivity index (χ0n) is 63.4. The van der Waals surface area contributed by atoms with E-state index >= 15 is 0 Å². The second kappa shape index (κ2) is 73.5. The number of phosphoric acid groups is 2. The first kappa shape index (κ1) is 96.2. The Hall–Kier alpha value is -3.76. The highest BCUT2D eigenvalue weighted by atomic mass is 31.2. The van der Waals surface area contributed by atoms with Gasteiger partial charge >= 0.3 is 39.5 Å². The summed E-state index contributed by atoms with van der Waals surface area (Å²) >= 11 is 0. The first-order chi connectivity index (χ1) is 48.7. The van der Waals surface area contributed by atoms with Crippen LogP contribution in [0, 0.1) is 0 Å². The lowest BCUT2D eigenvalue weighted by Gasteiger charge is -2.21. The molecule has 0 heterocycles. The van der Waals surface area contributed by atoms with Crippen LogP contribution in [-0.2, 0) is 65.4 Å². The number of hydrogen-bond donors (Lipinski definition) is 3. The molecule has 0 aromatic rings. The zero-order valence-corrected chi connectivity index (χ0v) is 65.2. The molecule has 0 aromatic heterocycles. The van der Waals surface area contributed by atoms with Gasteiger partial charge in [-0.15, -0.1) is 0 Å². The molecule has 580 valence electrons. The van der Waals surface area contributed by atoms with Crippen molar-refractivity contribution in [1.82, 2.24) is 0 Å². The number of hydrogen-bond acceptors (Lipinski definition) is 15. The van der Waals surface area contributed by atoms with Gasteiger partial charge in [0.25, 0.3) is 0 Å². The van der Waals surface area contributed by atoms with Crippen LogP contribution in [0.4, 0.5) is 0 Å². The molecule has 0 aliphatic rings. The summed E-state index contributed by atoms with van der Waals surface area (Å²) in [4.78, 5) is 72.9. The average molecular weight is 1450 g/mol. The number of rotatable bonds is 75. The minimum absolute atomic E-state index is 0.0750. The maximum atomic E-state index is 13.1. The highest BCUT2D eigenvalue weighted by Crippen LogP contribution is 2.45. The van der Waals surface area contributed by atoms with Gasteiger partial charge in [0.05, 0.1) is 26.4 Å². The van der Waals surface area contributed by atoms with Gasteiger partial charge in [0, 0.05) is 25.7 Å². The molecule has 2 unspecified atom stereocenters. The maximum absolute atomic E-state index is 13.1. The number of allylic oxidation sites excluding steroid dienone is 14. The normalized spacial score (nSPS) is 14.3. The van der Waals surface area contributed by atoms with E-state index in [4.69, 9.17) is 37.0 Å². The number of aliphatic hydroxyl groups is 1. The second-order valence-electron chi connectivity index (χ2n) is 26.7. The van der Waals surface area contributed by atoms with E-state index in [9.17, 15) is 43.2 Å². The number of ether oxygens (including phenoxy) is 4. The van der Waals surface area contributed by atoms with E-state index < -0.39 is 97.5 Å². The molecule has 3 N–H and O–H groups in total. The van der Waals surface area contributed by atoms with Crippen molar-refractivity contribution in [2.45, 2.75) is 367 Å². The van der Waals surface area contributed by atoms with Crippen molar-refractivity contribution in [3.05, 3.63) is 85.1 Å². The average Bonchev–Trinajstić information content (AvgIpc) is 1.06. The third kappa shape index (κ3) is 72.6. The highest BCUT2D eigenvalue weighted by molar-refractivity contribution is 7.47. The molecule has 0 fully saturated rings. The van der Waals surface area contributed by atoms with Gasteiger partial charge in [0.1, 0.15) is 19.3 Å². The predicted octanol–water partition coefficient (Wildman–Crippen LogP) is 23.0. The van der Waals surface area contributed by atoms with E-state index in [1.807, 2.05) is 12.2 Å². The lowest BCUT2D eigenvalue weighted by atomic mass is 10.0. The topological polar surface area (TPSA) is 237 Å². The maximum Gasteiger partial charge on any atom is 0.472 e. The van der Waals surface area contributed by atoms with Crippen LogP contribution in [-0.4, -0.2) is 96.7 Å². The number of esters is 4. The number of aliphatic hydroxyl groups excluding tert-OH is 1. The molecule has 0 aliphatic carbocycles. The fraction of sp³-hybridized carbons (Fsp3) is 0.778. The summed E-state index contributed by atoms with van der Waals surface area (Å²) in [5.41, 5.74) is 0. The minimum Gasteiger partial charge on any atom is -0.462 e. The Morgan fingerprint density at radius 3 is 0.820 bits per heavy atom. The van der Waals surface area contributed by atoms with E-state index in [1.165, 1.54) is 128 Å². The van der Waals surface area contributed by atoms with Crippen molar-refractivity contribution in [3.63, 3.8) is 0 Å². The fourth-order valence-electron chi connectivity index (χ4n) is 10.7. The lowest BCUT2D eigenvalue weighted by molar-refractivity contribution is -0.161. The summed E-state index contributed by atoms with van der Waals surface area (Å²) in [7, 11) is -9.96. The van der Waals surface area contributed by atoms with Crippen LogP contribution in [0.15, 0.2) is 85.1 Å². The molecule has 0 radical (unpaired) electrons. The van der Waals surface area contributed by atoms with Crippen molar-refractivity contribution < 1.29 is 80.2 Å². The molecule has 0 aliphatic heterocycles. The molecule has 100 heavy (non-hydrogen) atoms. The highest BCUT2D eigenvalue weighted by Gasteiger charge is 2.30. The smallest absolute Gasteiger partial charge is 0.462 e. The Morgan fingerprint density at radius 1 is 0.280 bits per heavy atom. The first-order valence-electron chi connectivity index (χ1n) is 39.8. The molecule has 0 saturated heterocycles. The van der Waals surface area contributed by atoms with Crippen molar-refractivity contribution in [3.8, 4) is 0 Å². The van der Waals surface area contributed by atoms with Crippen molar-refractivity contribution in [2.75, 3.05) is 39.6 Å². The van der Waals surface area contributed by atoms with E-state index in [0.717, 1.165) is 135 Å². The molecule has 0 amide bonds. The molecular weight excluding hydrogens is 1310 g/mol. The van der Waals surface area contributed by atoms with Gasteiger partial charge in [-0.25, -0.2) is 9.13 Å². The largest absolute Gasteiger partial charge is 0.472 e. The van der Waals surface area contributed by atoms with Gasteiger partial charge in [-0.05, 0) is 122 Å². The summed E-state index contributed by atoms with van der Waals surface area (Å²) in [6.07, 6.45) is 75.6. The summed E-state index contributed by atoms with van der Waals surface area (Å²) in [5, 5.41) is 10.6. The summed E-state index contributed by atoms with van der Waals surface area (Å²) in [6, 6.07) is 0. The molecular formula is C81H144O17P2. The monoisotopic (exact) mass is 1450 g/mol. The van der Waals surface area contributed by atoms with Gasteiger partial charge in [-0.1, -0.05) is 286 Å². The van der Waals surface area contributed by atoms with Gasteiger partial charge < -0.3 is 33.8 Å². The molecule has 0 aromatic carbocycles. The van der Waals surface area contributed by atoms with Gasteiger partial charge in [0.2, 0.25) is 0 Å². The van der Waals surface area contributed by atoms with E-state index in [0.29, 0.717) is 32.1 Å². The molecule has 17 nitrogen and oxygen atoms in total. The van der Waals surface area contributed by atoms with Crippen LogP contribution < -0.4 is 0 Å². The Labute approximate surface area is 608 Å². The Bertz CT molecular complexity index is 2230. The van der Waals surface area contributed by atoms with Crippen molar-refractivity contribution in [1.29, 1.82) is 0 Å². The number of carbonyl (C=O) groups excluding carboxylic acids is 4. The van der Waals surface area contributed by atoms with Crippen molar-refractivity contribution >= 4 is 39.5 Å². The van der Waals surface area contributed by atoms with Gasteiger partial charge in [-0.2, -0.15) is 0 Å². The fourth-order valence-corrected chi connectivity index (χ4v) is 12.3. The quantitative estimate of drug-likeness (QED) is 0.0169. The van der Waals surface area contributed by atoms with Crippen LogP contribution in [0.1, 0.15) is 349 Å². The Morgan fingerprint density at radius 2 is 0.500 bits per heavy atom. The van der Waals surface area contributed by atoms with E-state index in [-0.39, 0.29) is 25.7 Å². The second-order valence-corrected chi connectivity index (χ2v) is 29.6. The van der Waals surface area contributed by atoms with E-state index in [2.05, 4.69) is 101 Å².